The van der Waals surface area contributed by atoms with Crippen LogP contribution >= 0.6 is 39.3 Å². The Morgan fingerprint density at radius 2 is 1.88 bits per heavy atom. The number of carbonyl (C=O) groups excluding carboxylic acids is 1. The first-order valence-corrected chi connectivity index (χ1v) is 11.6. The topological polar surface area (TPSA) is 59.9 Å². The van der Waals surface area contributed by atoms with Gasteiger partial charge in [-0.2, -0.15) is 0 Å². The Morgan fingerprint density at radius 1 is 1.12 bits per heavy atom. The molecule has 4 rings (SSSR count). The number of hydrogen-bond donors (Lipinski definition) is 1. The fourth-order valence-electron chi connectivity index (χ4n) is 2.96. The predicted octanol–water partition coefficient (Wildman–Crippen LogP) is 6.58. The van der Waals surface area contributed by atoms with Crippen LogP contribution in [0.15, 0.2) is 81.1 Å². The molecule has 1 saturated heterocycles. The summed E-state index contributed by atoms with van der Waals surface area (Å²) in [7, 11) is 1.55. The number of amidine groups is 1. The second kappa shape index (κ2) is 10.3. The minimum atomic E-state index is -0.217. The van der Waals surface area contributed by atoms with Crippen LogP contribution in [0, 0.1) is 0 Å². The molecule has 0 unspecified atom stereocenters. The molecule has 1 fully saturated rings. The molecule has 5 nitrogen and oxygen atoms in total. The van der Waals surface area contributed by atoms with Gasteiger partial charge in [-0.25, -0.2) is 4.99 Å². The van der Waals surface area contributed by atoms with Crippen LogP contribution in [0.1, 0.15) is 11.1 Å². The maximum Gasteiger partial charge on any atom is 0.264 e. The van der Waals surface area contributed by atoms with Crippen molar-refractivity contribution in [1.82, 2.24) is 5.32 Å². The highest BCUT2D eigenvalue weighted by Crippen LogP contribution is 2.38. The van der Waals surface area contributed by atoms with Gasteiger partial charge in [0.2, 0.25) is 0 Å². The number of thioether (sulfide) groups is 1. The molecule has 3 aromatic rings. The number of methoxy groups -OCH3 is 1. The number of nitrogens with one attached hydrogen (secondary N) is 1. The molecule has 1 amide bonds. The summed E-state index contributed by atoms with van der Waals surface area (Å²) in [4.78, 5) is 17.4. The quantitative estimate of drug-likeness (QED) is 0.366. The highest BCUT2D eigenvalue weighted by Gasteiger charge is 2.24. The number of carbonyl (C=O) groups is 1. The number of rotatable bonds is 6. The van der Waals surface area contributed by atoms with Gasteiger partial charge in [-0.05, 0) is 65.4 Å². The van der Waals surface area contributed by atoms with Gasteiger partial charge in [-0.1, -0.05) is 57.9 Å². The zero-order chi connectivity index (χ0) is 22.5. The third-order valence-corrected chi connectivity index (χ3v) is 6.20. The number of aliphatic imine (C=N–C) groups is 1. The minimum Gasteiger partial charge on any atom is -0.493 e. The molecule has 1 N–H and O–H groups in total. The van der Waals surface area contributed by atoms with Gasteiger partial charge in [-0.15, -0.1) is 0 Å². The summed E-state index contributed by atoms with van der Waals surface area (Å²) in [5, 5.41) is 3.71. The number of hydrogen-bond acceptors (Lipinski definition) is 5. The summed E-state index contributed by atoms with van der Waals surface area (Å²) in [5.74, 6) is 0.735. The first-order valence-electron chi connectivity index (χ1n) is 9.61. The van der Waals surface area contributed by atoms with E-state index in [1.165, 1.54) is 11.8 Å². The van der Waals surface area contributed by atoms with Gasteiger partial charge >= 0.3 is 0 Å². The summed E-state index contributed by atoms with van der Waals surface area (Å²) < 4.78 is 12.3. The fraction of sp³-hybridized carbons (Fsp3) is 0.0833. The van der Waals surface area contributed by atoms with Gasteiger partial charge in [0.15, 0.2) is 16.7 Å². The maximum atomic E-state index is 12.4. The first kappa shape index (κ1) is 22.5. The molecule has 162 valence electrons. The van der Waals surface area contributed by atoms with Crippen molar-refractivity contribution in [1.29, 1.82) is 0 Å². The molecule has 0 radical (unpaired) electrons. The molecular weight excluding hydrogens is 512 g/mol. The lowest BCUT2D eigenvalue weighted by Crippen LogP contribution is -2.19. The van der Waals surface area contributed by atoms with Crippen molar-refractivity contribution in [2.24, 2.45) is 4.99 Å². The van der Waals surface area contributed by atoms with Crippen LogP contribution in [0.5, 0.6) is 11.5 Å². The van der Waals surface area contributed by atoms with E-state index < -0.39 is 0 Å². The molecule has 1 aliphatic heterocycles. The molecule has 8 heteroatoms. The van der Waals surface area contributed by atoms with Gasteiger partial charge in [0, 0.05) is 4.47 Å². The molecule has 32 heavy (non-hydrogen) atoms. The monoisotopic (exact) mass is 528 g/mol. The molecule has 1 aliphatic rings. The zero-order valence-electron chi connectivity index (χ0n) is 17.0. The molecule has 0 aliphatic carbocycles. The second-order valence-corrected chi connectivity index (χ2v) is 9.12. The molecule has 0 atom stereocenters. The summed E-state index contributed by atoms with van der Waals surface area (Å²) in [6.07, 6.45) is 1.75. The zero-order valence-corrected chi connectivity index (χ0v) is 20.1. The molecule has 0 aromatic heterocycles. The smallest absolute Gasteiger partial charge is 0.264 e. The van der Waals surface area contributed by atoms with Gasteiger partial charge in [-0.3, -0.25) is 4.79 Å². The predicted molar refractivity (Wildman–Crippen MR) is 134 cm³/mol. The van der Waals surface area contributed by atoms with Crippen LogP contribution in [-0.2, 0) is 11.4 Å². The number of benzene rings is 3. The van der Waals surface area contributed by atoms with E-state index >= 15 is 0 Å². The number of nitrogens with zero attached hydrogens (tertiary/aromatic N) is 1. The molecule has 0 spiro atoms. The van der Waals surface area contributed by atoms with Gasteiger partial charge in [0.05, 0.1) is 22.7 Å². The van der Waals surface area contributed by atoms with E-state index in [0.717, 1.165) is 21.3 Å². The Labute approximate surface area is 203 Å². The van der Waals surface area contributed by atoms with Crippen molar-refractivity contribution in [2.75, 3.05) is 7.11 Å². The number of ether oxygens (including phenoxy) is 2. The van der Waals surface area contributed by atoms with Crippen LogP contribution in [0.25, 0.3) is 6.08 Å². The van der Waals surface area contributed by atoms with Crippen molar-refractivity contribution in [3.8, 4) is 11.5 Å². The average molecular weight is 530 g/mol. The molecule has 3 aromatic carbocycles. The Hall–Kier alpha value is -2.74. The minimum absolute atomic E-state index is 0.217. The largest absolute Gasteiger partial charge is 0.493 e. The van der Waals surface area contributed by atoms with E-state index in [1.54, 1.807) is 25.3 Å². The average Bonchev–Trinajstić information content (AvgIpc) is 3.13. The van der Waals surface area contributed by atoms with Crippen LogP contribution in [0.3, 0.4) is 0 Å². The number of amides is 1. The Kier molecular flexibility index (Phi) is 7.19. The van der Waals surface area contributed by atoms with E-state index in [1.807, 2.05) is 54.6 Å². The Morgan fingerprint density at radius 3 is 2.59 bits per heavy atom. The SMILES string of the molecule is COc1cc(/C=C2/SC(=Nc3ccc(Br)cc3)NC2=O)cc(Cl)c1OCc1ccccc1. The van der Waals surface area contributed by atoms with Crippen LogP contribution < -0.4 is 14.8 Å². The lowest BCUT2D eigenvalue weighted by molar-refractivity contribution is -0.115. The lowest BCUT2D eigenvalue weighted by Gasteiger charge is -2.13. The molecule has 1 heterocycles. The van der Waals surface area contributed by atoms with Crippen molar-refractivity contribution < 1.29 is 14.3 Å². The summed E-state index contributed by atoms with van der Waals surface area (Å²) in [6, 6.07) is 20.9. The first-order chi connectivity index (χ1) is 15.5. The Bertz CT molecular complexity index is 1200. The second-order valence-electron chi connectivity index (χ2n) is 6.77. The fourth-order valence-corrected chi connectivity index (χ4v) is 4.34. The summed E-state index contributed by atoms with van der Waals surface area (Å²) in [5.41, 5.74) is 2.50. The summed E-state index contributed by atoms with van der Waals surface area (Å²) >= 11 is 11.1. The van der Waals surface area contributed by atoms with E-state index in [-0.39, 0.29) is 5.91 Å². The standard InChI is InChI=1S/C24H18BrClN2O3S/c1-30-20-12-16(11-19(26)22(20)31-14-15-5-3-2-4-6-15)13-21-23(29)28-24(32-21)27-18-9-7-17(25)8-10-18/h2-13H,14H2,1H3,(H,27,28,29)/b21-13+. The van der Waals surface area contributed by atoms with Crippen LogP contribution in [0.2, 0.25) is 5.02 Å². The van der Waals surface area contributed by atoms with Gasteiger partial charge < -0.3 is 14.8 Å². The van der Waals surface area contributed by atoms with Crippen molar-refractivity contribution in [3.05, 3.63) is 92.3 Å². The number of halogens is 2. The van der Waals surface area contributed by atoms with Gasteiger partial charge in [0.25, 0.3) is 5.91 Å². The van der Waals surface area contributed by atoms with Crippen molar-refractivity contribution >= 4 is 62.1 Å². The van der Waals surface area contributed by atoms with E-state index in [2.05, 4.69) is 26.2 Å². The maximum absolute atomic E-state index is 12.4. The Balaban J connectivity index is 1.53. The van der Waals surface area contributed by atoms with E-state index in [4.69, 9.17) is 21.1 Å². The van der Waals surface area contributed by atoms with Crippen LogP contribution in [0.4, 0.5) is 5.69 Å². The van der Waals surface area contributed by atoms with E-state index in [0.29, 0.717) is 33.2 Å². The normalized spacial score (nSPS) is 15.8. The highest BCUT2D eigenvalue weighted by atomic mass is 79.9. The van der Waals surface area contributed by atoms with E-state index in [9.17, 15) is 4.79 Å². The molecule has 0 bridgehead atoms. The third-order valence-electron chi connectivity index (χ3n) is 4.48. The molecular formula is C24H18BrClN2O3S. The van der Waals surface area contributed by atoms with Gasteiger partial charge in [0.1, 0.15) is 6.61 Å². The van der Waals surface area contributed by atoms with Crippen molar-refractivity contribution in [3.63, 3.8) is 0 Å². The highest BCUT2D eigenvalue weighted by molar-refractivity contribution is 9.10. The molecule has 0 saturated carbocycles. The van der Waals surface area contributed by atoms with Crippen molar-refractivity contribution in [2.45, 2.75) is 6.61 Å². The van der Waals surface area contributed by atoms with Crippen LogP contribution in [-0.4, -0.2) is 18.2 Å². The summed E-state index contributed by atoms with van der Waals surface area (Å²) in [6.45, 7) is 0.367. The third kappa shape index (κ3) is 5.54. The lowest BCUT2D eigenvalue weighted by atomic mass is 10.1.